The van der Waals surface area contributed by atoms with Crippen LogP contribution in [0.2, 0.25) is 10.0 Å². The van der Waals surface area contributed by atoms with Gasteiger partial charge in [0.1, 0.15) is 6.04 Å². The van der Waals surface area contributed by atoms with E-state index in [1.54, 1.807) is 60.5 Å². The number of carboxylic acid groups (broad SMARTS) is 1. The molecule has 0 unspecified atom stereocenters. The van der Waals surface area contributed by atoms with E-state index in [0.29, 0.717) is 28.9 Å². The lowest BCUT2D eigenvalue weighted by Crippen LogP contribution is -2.50. The van der Waals surface area contributed by atoms with Crippen molar-refractivity contribution in [2.24, 2.45) is 0 Å². The predicted molar refractivity (Wildman–Crippen MR) is 175 cm³/mol. The number of para-hydroxylation sites is 1. The number of anilines is 2. The number of rotatable bonds is 11. The highest BCUT2D eigenvalue weighted by atomic mass is 35.5. The average Bonchev–Trinajstić information content (AvgIpc) is 3.03. The number of hydrogen-bond acceptors (Lipinski definition) is 5. The summed E-state index contributed by atoms with van der Waals surface area (Å²) in [6, 6.07) is 11.8. The Balaban J connectivity index is 1.47. The van der Waals surface area contributed by atoms with Crippen molar-refractivity contribution in [1.82, 2.24) is 15.2 Å². The van der Waals surface area contributed by atoms with Crippen LogP contribution in [0, 0.1) is 0 Å². The van der Waals surface area contributed by atoms with Gasteiger partial charge in [-0.05, 0) is 49.1 Å². The minimum absolute atomic E-state index is 0.0116. The van der Waals surface area contributed by atoms with Crippen LogP contribution in [0.3, 0.4) is 0 Å². The van der Waals surface area contributed by atoms with E-state index < -0.39 is 23.9 Å². The van der Waals surface area contributed by atoms with Gasteiger partial charge in [0.25, 0.3) is 11.8 Å². The molecule has 12 heteroatoms. The standard InChI is InChI=1S/C33H37Cl2N5O5/c1-3-17-40(28-12-8-7-11-24(28)31(42)39(2)23-9-5-4-6-10-23)33(45)38-27(32(43)44)18-21-13-15-22(16-14-21)37-30(41)29-25(34)19-36-20-26(29)35/h7-8,11-16,19-20,23,27H,3-6,9-10,17-18H2,1-2H3,(H,37,41)(H,38,45)(H,43,44)/t27-/m0/s1. The van der Waals surface area contributed by atoms with Crippen LogP contribution < -0.4 is 15.5 Å². The topological polar surface area (TPSA) is 132 Å². The Morgan fingerprint density at radius 2 is 1.62 bits per heavy atom. The highest BCUT2D eigenvalue weighted by Gasteiger charge is 2.29. The summed E-state index contributed by atoms with van der Waals surface area (Å²) in [7, 11) is 1.81. The number of urea groups is 1. The van der Waals surface area contributed by atoms with Crippen molar-refractivity contribution >= 4 is 58.4 Å². The summed E-state index contributed by atoms with van der Waals surface area (Å²) in [6.45, 7) is 2.19. The predicted octanol–water partition coefficient (Wildman–Crippen LogP) is 6.67. The molecule has 0 aliphatic heterocycles. The molecule has 0 radical (unpaired) electrons. The SMILES string of the molecule is CCCN(C(=O)N[C@@H](Cc1ccc(NC(=O)c2c(Cl)cncc2Cl)cc1)C(=O)O)c1ccccc1C(=O)N(C)C1CCCCC1. The number of halogens is 2. The number of nitrogens with zero attached hydrogens (tertiary/aromatic N) is 3. The number of aromatic nitrogens is 1. The van der Waals surface area contributed by atoms with Gasteiger partial charge in [0.05, 0.1) is 26.9 Å². The van der Waals surface area contributed by atoms with Crippen molar-refractivity contribution in [3.63, 3.8) is 0 Å². The summed E-state index contributed by atoms with van der Waals surface area (Å²) < 4.78 is 0. The number of pyridine rings is 1. The van der Waals surface area contributed by atoms with E-state index in [1.807, 2.05) is 6.92 Å². The normalized spacial score (nSPS) is 13.9. The molecule has 1 fully saturated rings. The molecule has 1 aliphatic rings. The van der Waals surface area contributed by atoms with Crippen LogP contribution in [0.15, 0.2) is 60.9 Å². The van der Waals surface area contributed by atoms with Gasteiger partial charge in [0, 0.05) is 44.1 Å². The van der Waals surface area contributed by atoms with Crippen LogP contribution in [-0.2, 0) is 11.2 Å². The third kappa shape index (κ3) is 8.52. The third-order valence-electron chi connectivity index (χ3n) is 7.89. The first-order valence-corrected chi connectivity index (χ1v) is 15.7. The Bertz CT molecular complexity index is 1510. The molecule has 238 valence electrons. The second-order valence-electron chi connectivity index (χ2n) is 11.1. The number of benzene rings is 2. The molecule has 0 saturated heterocycles. The highest BCUT2D eigenvalue weighted by Crippen LogP contribution is 2.28. The Morgan fingerprint density at radius 3 is 2.24 bits per heavy atom. The zero-order chi connectivity index (χ0) is 32.5. The van der Waals surface area contributed by atoms with E-state index in [1.165, 1.54) is 23.7 Å². The third-order valence-corrected chi connectivity index (χ3v) is 8.46. The number of carboxylic acids is 1. The van der Waals surface area contributed by atoms with E-state index in [0.717, 1.165) is 25.7 Å². The van der Waals surface area contributed by atoms with E-state index in [4.69, 9.17) is 23.2 Å². The van der Waals surface area contributed by atoms with Gasteiger partial charge in [0.2, 0.25) is 0 Å². The summed E-state index contributed by atoms with van der Waals surface area (Å²) in [6.07, 6.45) is 8.45. The minimum atomic E-state index is -1.25. The second kappa shape index (κ2) is 15.7. The molecule has 1 aliphatic carbocycles. The number of amides is 4. The molecular formula is C33H37Cl2N5O5. The quantitative estimate of drug-likeness (QED) is 0.212. The molecular weight excluding hydrogens is 617 g/mol. The van der Waals surface area contributed by atoms with Crippen LogP contribution in [0.1, 0.15) is 71.7 Å². The fourth-order valence-electron chi connectivity index (χ4n) is 5.48. The number of carbonyl (C=O) groups is 4. The van der Waals surface area contributed by atoms with Crippen molar-refractivity contribution in [2.45, 2.75) is 64.0 Å². The molecule has 1 heterocycles. The molecule has 1 aromatic heterocycles. The number of carbonyl (C=O) groups excluding carboxylic acids is 3. The molecule has 0 bridgehead atoms. The van der Waals surface area contributed by atoms with Gasteiger partial charge in [-0.15, -0.1) is 0 Å². The van der Waals surface area contributed by atoms with Crippen molar-refractivity contribution in [3.8, 4) is 0 Å². The molecule has 0 spiro atoms. The maximum atomic E-state index is 13.6. The maximum absolute atomic E-state index is 13.6. The first-order chi connectivity index (χ1) is 21.6. The molecule has 1 atom stereocenters. The Labute approximate surface area is 272 Å². The van der Waals surface area contributed by atoms with Gasteiger partial charge in [0.15, 0.2) is 0 Å². The lowest BCUT2D eigenvalue weighted by Gasteiger charge is -2.33. The van der Waals surface area contributed by atoms with Crippen molar-refractivity contribution in [2.75, 3.05) is 23.8 Å². The van der Waals surface area contributed by atoms with E-state index in [-0.39, 0.29) is 40.5 Å². The van der Waals surface area contributed by atoms with E-state index >= 15 is 0 Å². The summed E-state index contributed by atoms with van der Waals surface area (Å²) >= 11 is 12.2. The molecule has 45 heavy (non-hydrogen) atoms. The van der Waals surface area contributed by atoms with Crippen molar-refractivity contribution < 1.29 is 24.3 Å². The fourth-order valence-corrected chi connectivity index (χ4v) is 6.01. The molecule has 2 aromatic carbocycles. The van der Waals surface area contributed by atoms with Gasteiger partial charge in [-0.2, -0.15) is 0 Å². The maximum Gasteiger partial charge on any atom is 0.326 e. The molecule has 4 rings (SSSR count). The van der Waals surface area contributed by atoms with Gasteiger partial charge in [-0.25, -0.2) is 9.59 Å². The minimum Gasteiger partial charge on any atom is -0.480 e. The fraction of sp³-hybridized carbons (Fsp3) is 0.364. The Morgan fingerprint density at radius 1 is 0.978 bits per heavy atom. The molecule has 10 nitrogen and oxygen atoms in total. The van der Waals surface area contributed by atoms with Gasteiger partial charge in [-0.1, -0.05) is 73.7 Å². The number of aliphatic carboxylic acids is 1. The summed E-state index contributed by atoms with van der Waals surface area (Å²) in [5, 5.41) is 15.6. The largest absolute Gasteiger partial charge is 0.480 e. The van der Waals surface area contributed by atoms with E-state index in [9.17, 15) is 24.3 Å². The van der Waals surface area contributed by atoms with Gasteiger partial charge < -0.3 is 20.6 Å². The van der Waals surface area contributed by atoms with Crippen LogP contribution in [0.4, 0.5) is 16.2 Å². The first kappa shape index (κ1) is 33.7. The lowest BCUT2D eigenvalue weighted by atomic mass is 9.94. The number of nitrogens with one attached hydrogen (secondary N) is 2. The lowest BCUT2D eigenvalue weighted by molar-refractivity contribution is -0.139. The van der Waals surface area contributed by atoms with Crippen molar-refractivity contribution in [1.29, 1.82) is 0 Å². The van der Waals surface area contributed by atoms with Crippen molar-refractivity contribution in [3.05, 3.63) is 87.7 Å². The zero-order valence-electron chi connectivity index (χ0n) is 25.3. The molecule has 4 amide bonds. The van der Waals surface area contributed by atoms with Crippen LogP contribution >= 0.6 is 23.2 Å². The van der Waals surface area contributed by atoms with Crippen LogP contribution in [-0.4, -0.2) is 64.5 Å². The molecule has 1 saturated carbocycles. The van der Waals surface area contributed by atoms with Gasteiger partial charge >= 0.3 is 12.0 Å². The molecule has 3 aromatic rings. The highest BCUT2D eigenvalue weighted by molar-refractivity contribution is 6.40. The number of hydrogen-bond donors (Lipinski definition) is 3. The second-order valence-corrected chi connectivity index (χ2v) is 11.9. The monoisotopic (exact) mass is 653 g/mol. The molecule has 3 N–H and O–H groups in total. The summed E-state index contributed by atoms with van der Waals surface area (Å²) in [5.74, 6) is -1.89. The zero-order valence-corrected chi connectivity index (χ0v) is 26.8. The Kier molecular flexibility index (Phi) is 11.8. The smallest absolute Gasteiger partial charge is 0.326 e. The Hall–Kier alpha value is -4.15. The van der Waals surface area contributed by atoms with Gasteiger partial charge in [-0.3, -0.25) is 19.5 Å². The first-order valence-electron chi connectivity index (χ1n) is 15.0. The average molecular weight is 655 g/mol. The summed E-state index contributed by atoms with van der Waals surface area (Å²) in [5.41, 5.74) is 1.98. The van der Waals surface area contributed by atoms with Crippen LogP contribution in [0.5, 0.6) is 0 Å². The van der Waals surface area contributed by atoms with E-state index in [2.05, 4.69) is 15.6 Å². The van der Waals surface area contributed by atoms with Crippen LogP contribution in [0.25, 0.3) is 0 Å². The summed E-state index contributed by atoms with van der Waals surface area (Å²) in [4.78, 5) is 59.2.